The van der Waals surface area contributed by atoms with Crippen molar-refractivity contribution in [2.75, 3.05) is 5.75 Å². The van der Waals surface area contributed by atoms with Crippen LogP contribution >= 0.6 is 11.8 Å². The van der Waals surface area contributed by atoms with Crippen LogP contribution in [0, 0.1) is 5.92 Å². The second kappa shape index (κ2) is 20.2. The lowest BCUT2D eigenvalue weighted by Crippen LogP contribution is -2.37. The van der Waals surface area contributed by atoms with E-state index in [1.807, 2.05) is 0 Å². The van der Waals surface area contributed by atoms with Crippen LogP contribution in [0.1, 0.15) is 129 Å². The maximum Gasteiger partial charge on any atom is 0.313 e. The predicted molar refractivity (Wildman–Crippen MR) is 142 cm³/mol. The van der Waals surface area contributed by atoms with Gasteiger partial charge in [-0.05, 0) is 44.4 Å². The molecule has 5 nitrogen and oxygen atoms in total. The van der Waals surface area contributed by atoms with Gasteiger partial charge in [0, 0.05) is 6.42 Å². The van der Waals surface area contributed by atoms with Crippen molar-refractivity contribution < 1.29 is 24.9 Å². The predicted octanol–water partition coefficient (Wildman–Crippen LogP) is 7.61. The Morgan fingerprint density at radius 2 is 1.44 bits per heavy atom. The number of hydrogen-bond donors (Lipinski definition) is 3. The first-order valence-corrected chi connectivity index (χ1v) is 14.9. The van der Waals surface area contributed by atoms with Crippen molar-refractivity contribution in [3.63, 3.8) is 0 Å². The molecule has 0 unspecified atom stereocenters. The van der Waals surface area contributed by atoms with E-state index in [1.54, 1.807) is 0 Å². The molecule has 0 radical (unpaired) electrons. The number of aliphatic hydroxyl groups is 1. The van der Waals surface area contributed by atoms with Crippen molar-refractivity contribution in [2.45, 2.75) is 140 Å². The number of carboxylic acids is 2. The highest BCUT2D eigenvalue weighted by molar-refractivity contribution is 8.00. The SMILES string of the molecule is CCCCCCCCCCCCC/C=C1\CC[C@@H](CCCCCC(=O)O)[C@H](O)[C@H]1SCC(=O)O. The molecule has 0 amide bonds. The van der Waals surface area contributed by atoms with E-state index in [2.05, 4.69) is 13.0 Å². The van der Waals surface area contributed by atoms with Crippen molar-refractivity contribution >= 4 is 23.7 Å². The van der Waals surface area contributed by atoms with E-state index in [-0.39, 0.29) is 23.3 Å². The Balaban J connectivity index is 2.33. The Bertz CT molecular complexity index is 577. The first-order chi connectivity index (χ1) is 16.5. The van der Waals surface area contributed by atoms with Crippen LogP contribution in [0.25, 0.3) is 0 Å². The fraction of sp³-hybridized carbons (Fsp3) is 0.857. The van der Waals surface area contributed by atoms with Crippen LogP contribution in [-0.2, 0) is 9.59 Å². The zero-order valence-corrected chi connectivity index (χ0v) is 22.3. The topological polar surface area (TPSA) is 94.8 Å². The average Bonchev–Trinajstić information content (AvgIpc) is 2.79. The Labute approximate surface area is 212 Å². The molecule has 3 atom stereocenters. The fourth-order valence-electron chi connectivity index (χ4n) is 4.99. The van der Waals surface area contributed by atoms with Gasteiger partial charge in [-0.2, -0.15) is 0 Å². The fourth-order valence-corrected chi connectivity index (χ4v) is 6.16. The van der Waals surface area contributed by atoms with Gasteiger partial charge < -0.3 is 15.3 Å². The van der Waals surface area contributed by atoms with Crippen LogP contribution in [0.2, 0.25) is 0 Å². The first-order valence-electron chi connectivity index (χ1n) is 13.9. The number of carboxylic acid groups (broad SMARTS) is 2. The third-order valence-corrected chi connectivity index (χ3v) is 8.38. The van der Waals surface area contributed by atoms with Gasteiger partial charge in [-0.15, -0.1) is 11.8 Å². The Morgan fingerprint density at radius 3 is 2.03 bits per heavy atom. The third-order valence-electron chi connectivity index (χ3n) is 7.03. The highest BCUT2D eigenvalue weighted by Gasteiger charge is 2.35. The standard InChI is InChI=1S/C28H50O5S/c1-2-3-4-5-6-7-8-9-10-11-12-14-18-24-21-20-23(17-15-13-16-19-25(29)30)27(33)28(24)34-22-26(31)32/h18,23,27-28,33H,2-17,19-22H2,1H3,(H,29,30)(H,31,32)/b24-18+/t23-,27+,28+/m1/s1. The van der Waals surface area contributed by atoms with Gasteiger partial charge in [-0.3, -0.25) is 9.59 Å². The van der Waals surface area contributed by atoms with E-state index in [4.69, 9.17) is 10.2 Å². The molecule has 0 heterocycles. The molecule has 0 aromatic carbocycles. The molecule has 0 aliphatic heterocycles. The molecule has 0 saturated heterocycles. The second-order valence-electron chi connectivity index (χ2n) is 10.0. The molecule has 0 bridgehead atoms. The summed E-state index contributed by atoms with van der Waals surface area (Å²) in [7, 11) is 0. The summed E-state index contributed by atoms with van der Waals surface area (Å²) in [5.41, 5.74) is 1.23. The molecular weight excluding hydrogens is 448 g/mol. The number of rotatable bonds is 21. The largest absolute Gasteiger partial charge is 0.481 e. The van der Waals surface area contributed by atoms with Crippen LogP contribution in [-0.4, -0.2) is 44.4 Å². The maximum atomic E-state index is 11.1. The summed E-state index contributed by atoms with van der Waals surface area (Å²) in [5, 5.41) is 28.8. The number of aliphatic carboxylic acids is 2. The van der Waals surface area contributed by atoms with Crippen LogP contribution in [0.5, 0.6) is 0 Å². The molecule has 34 heavy (non-hydrogen) atoms. The number of thioether (sulfide) groups is 1. The third kappa shape index (κ3) is 15.1. The lowest BCUT2D eigenvalue weighted by Gasteiger charge is -2.36. The van der Waals surface area contributed by atoms with E-state index in [0.29, 0.717) is 6.42 Å². The van der Waals surface area contributed by atoms with E-state index in [1.165, 1.54) is 88.0 Å². The summed E-state index contributed by atoms with van der Waals surface area (Å²) in [4.78, 5) is 21.8. The second-order valence-corrected chi connectivity index (χ2v) is 11.1. The summed E-state index contributed by atoms with van der Waals surface area (Å²) in [6.45, 7) is 2.26. The van der Waals surface area contributed by atoms with E-state index < -0.39 is 18.0 Å². The smallest absolute Gasteiger partial charge is 0.313 e. The summed E-state index contributed by atoms with van der Waals surface area (Å²) >= 11 is 1.36. The summed E-state index contributed by atoms with van der Waals surface area (Å²) in [5.74, 6) is -1.40. The minimum Gasteiger partial charge on any atom is -0.481 e. The van der Waals surface area contributed by atoms with E-state index in [9.17, 15) is 14.7 Å². The normalized spacial score (nSPS) is 21.7. The van der Waals surface area contributed by atoms with Crippen LogP contribution in [0.4, 0.5) is 0 Å². The van der Waals surface area contributed by atoms with E-state index in [0.717, 1.165) is 38.5 Å². The van der Waals surface area contributed by atoms with Crippen molar-refractivity contribution in [3.8, 4) is 0 Å². The molecule has 0 spiro atoms. The van der Waals surface area contributed by atoms with Gasteiger partial charge in [0.25, 0.3) is 0 Å². The highest BCUT2D eigenvalue weighted by atomic mass is 32.2. The lowest BCUT2D eigenvalue weighted by molar-refractivity contribution is -0.137. The van der Waals surface area contributed by atoms with Crippen LogP contribution in [0.15, 0.2) is 11.6 Å². The summed E-state index contributed by atoms with van der Waals surface area (Å²) in [6, 6.07) is 0. The van der Waals surface area contributed by atoms with Gasteiger partial charge in [0.2, 0.25) is 0 Å². The first kappa shape index (κ1) is 31.0. The van der Waals surface area contributed by atoms with Crippen LogP contribution in [0.3, 0.4) is 0 Å². The van der Waals surface area contributed by atoms with Gasteiger partial charge in [0.05, 0.1) is 17.1 Å². The lowest BCUT2D eigenvalue weighted by atomic mass is 9.79. The minimum atomic E-state index is -0.835. The van der Waals surface area contributed by atoms with Crippen molar-refractivity contribution in [1.29, 1.82) is 0 Å². The number of aliphatic hydroxyl groups excluding tert-OH is 1. The summed E-state index contributed by atoms with van der Waals surface area (Å²) < 4.78 is 0. The highest BCUT2D eigenvalue weighted by Crippen LogP contribution is 2.39. The monoisotopic (exact) mass is 498 g/mol. The average molecular weight is 499 g/mol. The Hall–Kier alpha value is -1.01. The Morgan fingerprint density at radius 1 is 0.853 bits per heavy atom. The van der Waals surface area contributed by atoms with Gasteiger partial charge in [0.1, 0.15) is 0 Å². The molecule has 3 N–H and O–H groups in total. The van der Waals surface area contributed by atoms with Gasteiger partial charge in [-0.25, -0.2) is 0 Å². The summed E-state index contributed by atoms with van der Waals surface area (Å²) in [6.07, 6.45) is 22.8. The quantitative estimate of drug-likeness (QED) is 0.111. The molecule has 1 fully saturated rings. The number of hydrogen-bond acceptors (Lipinski definition) is 4. The molecule has 0 aromatic heterocycles. The number of carbonyl (C=O) groups is 2. The molecule has 0 aromatic rings. The van der Waals surface area contributed by atoms with Crippen molar-refractivity contribution in [2.24, 2.45) is 5.92 Å². The molecule has 1 saturated carbocycles. The van der Waals surface area contributed by atoms with Crippen LogP contribution < -0.4 is 0 Å². The van der Waals surface area contributed by atoms with Crippen molar-refractivity contribution in [3.05, 3.63) is 11.6 Å². The molecular formula is C28H50O5S. The van der Waals surface area contributed by atoms with Gasteiger partial charge in [-0.1, -0.05) is 95.6 Å². The minimum absolute atomic E-state index is 0.0167. The molecule has 1 aliphatic rings. The van der Waals surface area contributed by atoms with E-state index >= 15 is 0 Å². The zero-order chi connectivity index (χ0) is 25.0. The zero-order valence-electron chi connectivity index (χ0n) is 21.5. The molecule has 1 aliphatic carbocycles. The maximum absolute atomic E-state index is 11.1. The molecule has 1 rings (SSSR count). The number of allylic oxidation sites excluding steroid dienone is 1. The molecule has 198 valence electrons. The molecule has 6 heteroatoms. The van der Waals surface area contributed by atoms with Crippen molar-refractivity contribution in [1.82, 2.24) is 0 Å². The van der Waals surface area contributed by atoms with Gasteiger partial charge >= 0.3 is 11.9 Å². The number of unbranched alkanes of at least 4 members (excludes halogenated alkanes) is 13. The Kier molecular flexibility index (Phi) is 18.4. The van der Waals surface area contributed by atoms with Gasteiger partial charge in [0.15, 0.2) is 0 Å².